The highest BCUT2D eigenvalue weighted by atomic mass is 16.5. The van der Waals surface area contributed by atoms with Gasteiger partial charge in [-0.15, -0.1) is 0 Å². The molecule has 1 N–H and O–H groups in total. The van der Waals surface area contributed by atoms with E-state index in [9.17, 15) is 4.79 Å². The zero-order chi connectivity index (χ0) is 9.80. The first-order valence-corrected chi connectivity index (χ1v) is 4.40. The van der Waals surface area contributed by atoms with Gasteiger partial charge in [-0.25, -0.2) is 4.79 Å². The van der Waals surface area contributed by atoms with Crippen molar-refractivity contribution in [2.75, 3.05) is 18.5 Å². The molecule has 72 valence electrons. The van der Waals surface area contributed by atoms with Gasteiger partial charge >= 0.3 is 5.97 Å². The van der Waals surface area contributed by atoms with Crippen LogP contribution >= 0.6 is 0 Å². The fourth-order valence-electron chi connectivity index (χ4n) is 1.18. The molecule has 0 fully saturated rings. The van der Waals surface area contributed by atoms with Crippen LogP contribution in [0, 0.1) is 0 Å². The normalized spacial score (nSPS) is 15.7. The second-order valence-corrected chi connectivity index (χ2v) is 2.86. The minimum atomic E-state index is -0.389. The number of anilines is 1. The summed E-state index contributed by atoms with van der Waals surface area (Å²) < 4.78 is 4.83. The number of esters is 1. The average molecular weight is 190 g/mol. The van der Waals surface area contributed by atoms with E-state index < -0.39 is 0 Å². The zero-order valence-electron chi connectivity index (χ0n) is 7.56. The van der Waals surface area contributed by atoms with Crippen molar-refractivity contribution in [1.29, 1.82) is 0 Å². The van der Waals surface area contributed by atoms with Crippen molar-refractivity contribution in [2.45, 2.75) is 0 Å². The first-order valence-electron chi connectivity index (χ1n) is 4.40. The van der Waals surface area contributed by atoms with Crippen LogP contribution in [0.4, 0.5) is 5.69 Å². The molecule has 1 aromatic carbocycles. The highest BCUT2D eigenvalue weighted by Crippen LogP contribution is 2.06. The van der Waals surface area contributed by atoms with E-state index in [2.05, 4.69) is 10.3 Å². The topological polar surface area (TPSA) is 50.7 Å². The van der Waals surface area contributed by atoms with Crippen LogP contribution < -0.4 is 5.32 Å². The average Bonchev–Trinajstić information content (AvgIpc) is 2.23. The molecule has 4 heteroatoms. The van der Waals surface area contributed by atoms with Crippen molar-refractivity contribution >= 4 is 17.5 Å². The van der Waals surface area contributed by atoms with Crippen LogP contribution in [0.3, 0.4) is 0 Å². The number of hydrogen-bond donors (Lipinski definition) is 1. The molecule has 14 heavy (non-hydrogen) atoms. The largest absolute Gasteiger partial charge is 0.458 e. The lowest BCUT2D eigenvalue weighted by atomic mass is 10.3. The maximum absolute atomic E-state index is 11.2. The number of aliphatic imine (C=N–C) groups is 1. The summed E-state index contributed by atoms with van der Waals surface area (Å²) in [6.07, 6.45) is 0. The monoisotopic (exact) mass is 190 g/mol. The number of rotatable bonds is 1. The minimum absolute atomic E-state index is 0.280. The van der Waals surface area contributed by atoms with Crippen LogP contribution in [-0.2, 0) is 9.53 Å². The Hall–Kier alpha value is -1.84. The van der Waals surface area contributed by atoms with Gasteiger partial charge < -0.3 is 10.1 Å². The number of ether oxygens (including phenoxy) is 1. The van der Waals surface area contributed by atoms with Crippen molar-refractivity contribution in [1.82, 2.24) is 0 Å². The lowest BCUT2D eigenvalue weighted by molar-refractivity contribution is -0.136. The lowest BCUT2D eigenvalue weighted by Crippen LogP contribution is -2.30. The fraction of sp³-hybridized carbons (Fsp3) is 0.200. The van der Waals surface area contributed by atoms with Gasteiger partial charge in [-0.1, -0.05) is 18.2 Å². The maximum atomic E-state index is 11.2. The Morgan fingerprint density at radius 2 is 2.07 bits per heavy atom. The molecule has 1 aromatic rings. The van der Waals surface area contributed by atoms with Crippen molar-refractivity contribution < 1.29 is 9.53 Å². The summed E-state index contributed by atoms with van der Waals surface area (Å²) in [4.78, 5) is 15.2. The van der Waals surface area contributed by atoms with Crippen molar-refractivity contribution in [3.8, 4) is 0 Å². The summed E-state index contributed by atoms with van der Waals surface area (Å²) in [6.45, 7) is 0.902. The fourth-order valence-corrected chi connectivity index (χ4v) is 1.18. The van der Waals surface area contributed by atoms with Gasteiger partial charge in [0.05, 0.1) is 6.54 Å². The number of hydrogen-bond acceptors (Lipinski definition) is 4. The molecule has 0 amide bonds. The highest BCUT2D eigenvalue weighted by molar-refractivity contribution is 6.40. The third-order valence-corrected chi connectivity index (χ3v) is 1.82. The van der Waals surface area contributed by atoms with E-state index in [0.29, 0.717) is 13.2 Å². The molecule has 0 atom stereocenters. The van der Waals surface area contributed by atoms with E-state index >= 15 is 0 Å². The van der Waals surface area contributed by atoms with Gasteiger partial charge in [0.2, 0.25) is 5.84 Å². The van der Waals surface area contributed by atoms with Crippen LogP contribution in [0.1, 0.15) is 0 Å². The number of carbonyl (C=O) groups excluding carboxylic acids is 1. The molecule has 0 spiro atoms. The first-order chi connectivity index (χ1) is 6.86. The van der Waals surface area contributed by atoms with Crippen LogP contribution in [0.25, 0.3) is 0 Å². The molecule has 0 radical (unpaired) electrons. The summed E-state index contributed by atoms with van der Waals surface area (Å²) in [6, 6.07) is 9.41. The van der Waals surface area contributed by atoms with Crippen LogP contribution in [0.15, 0.2) is 35.3 Å². The second kappa shape index (κ2) is 3.91. The summed E-state index contributed by atoms with van der Waals surface area (Å²) in [5, 5.41) is 2.91. The van der Waals surface area contributed by atoms with Gasteiger partial charge in [0, 0.05) is 5.69 Å². The Labute approximate surface area is 81.6 Å². The third-order valence-electron chi connectivity index (χ3n) is 1.82. The Bertz CT molecular complexity index is 360. The second-order valence-electron chi connectivity index (χ2n) is 2.86. The van der Waals surface area contributed by atoms with E-state index in [1.165, 1.54) is 0 Å². The Morgan fingerprint density at radius 3 is 2.79 bits per heavy atom. The molecular formula is C10H10N2O2. The van der Waals surface area contributed by atoms with Gasteiger partial charge in [0.15, 0.2) is 0 Å². The number of amidine groups is 1. The van der Waals surface area contributed by atoms with Crippen molar-refractivity contribution in [3.05, 3.63) is 30.3 Å². The molecule has 1 aliphatic heterocycles. The molecule has 0 saturated heterocycles. The third kappa shape index (κ3) is 1.90. The summed E-state index contributed by atoms with van der Waals surface area (Å²) in [5.41, 5.74) is 0.838. The van der Waals surface area contributed by atoms with E-state index in [-0.39, 0.29) is 11.8 Å². The van der Waals surface area contributed by atoms with Crippen LogP contribution in [0.2, 0.25) is 0 Å². The Balaban J connectivity index is 2.11. The summed E-state index contributed by atoms with van der Waals surface area (Å²) >= 11 is 0. The van der Waals surface area contributed by atoms with Crippen LogP contribution in [-0.4, -0.2) is 25.0 Å². The summed E-state index contributed by atoms with van der Waals surface area (Å²) in [5.74, 6) is -0.109. The van der Waals surface area contributed by atoms with Gasteiger partial charge in [-0.2, -0.15) is 0 Å². The number of carbonyl (C=O) groups is 1. The Kier molecular flexibility index (Phi) is 2.44. The lowest BCUT2D eigenvalue weighted by Gasteiger charge is -2.13. The SMILES string of the molecule is O=C1OCCN=C1Nc1ccccc1. The van der Waals surface area contributed by atoms with E-state index in [4.69, 9.17) is 4.74 Å². The molecule has 0 unspecified atom stereocenters. The van der Waals surface area contributed by atoms with Gasteiger partial charge in [0.25, 0.3) is 0 Å². The number of cyclic esters (lactones) is 1. The maximum Gasteiger partial charge on any atom is 0.374 e. The molecule has 1 heterocycles. The molecule has 0 aliphatic carbocycles. The molecule has 0 bridgehead atoms. The van der Waals surface area contributed by atoms with E-state index in [1.807, 2.05) is 30.3 Å². The van der Waals surface area contributed by atoms with Crippen molar-refractivity contribution in [3.63, 3.8) is 0 Å². The van der Waals surface area contributed by atoms with E-state index in [1.54, 1.807) is 0 Å². The summed E-state index contributed by atoms with van der Waals surface area (Å²) in [7, 11) is 0. The first kappa shape index (κ1) is 8.74. The molecular weight excluding hydrogens is 180 g/mol. The number of nitrogens with zero attached hydrogens (tertiary/aromatic N) is 1. The Morgan fingerprint density at radius 1 is 1.29 bits per heavy atom. The van der Waals surface area contributed by atoms with Crippen molar-refractivity contribution in [2.24, 2.45) is 4.99 Å². The number of para-hydroxylation sites is 1. The molecule has 4 nitrogen and oxygen atoms in total. The molecule has 1 aliphatic rings. The predicted molar refractivity (Wildman–Crippen MR) is 53.3 cm³/mol. The molecule has 0 saturated carbocycles. The van der Waals surface area contributed by atoms with E-state index in [0.717, 1.165) is 5.69 Å². The van der Waals surface area contributed by atoms with Crippen LogP contribution in [0.5, 0.6) is 0 Å². The number of benzene rings is 1. The predicted octanol–water partition coefficient (Wildman–Crippen LogP) is 1.05. The molecule has 2 rings (SSSR count). The van der Waals surface area contributed by atoms with Gasteiger partial charge in [-0.3, -0.25) is 4.99 Å². The van der Waals surface area contributed by atoms with Gasteiger partial charge in [-0.05, 0) is 12.1 Å². The van der Waals surface area contributed by atoms with Gasteiger partial charge in [0.1, 0.15) is 6.61 Å². The zero-order valence-corrected chi connectivity index (χ0v) is 7.56. The minimum Gasteiger partial charge on any atom is -0.458 e. The highest BCUT2D eigenvalue weighted by Gasteiger charge is 2.16. The standard InChI is InChI=1S/C10H10N2O2/c13-10-9(11-6-7-14-10)12-8-4-2-1-3-5-8/h1-5H,6-7H2,(H,11,12). The smallest absolute Gasteiger partial charge is 0.374 e. The number of nitrogens with one attached hydrogen (secondary N) is 1. The quantitative estimate of drug-likeness (QED) is 0.673. The molecule has 0 aromatic heterocycles.